The van der Waals surface area contributed by atoms with Crippen molar-refractivity contribution in [3.8, 4) is 0 Å². The second kappa shape index (κ2) is 8.05. The van der Waals surface area contributed by atoms with Gasteiger partial charge in [-0.25, -0.2) is 9.97 Å². The highest BCUT2D eigenvalue weighted by Crippen LogP contribution is 2.16. The molecule has 1 saturated heterocycles. The summed E-state index contributed by atoms with van der Waals surface area (Å²) in [7, 11) is 2.06. The SMILES string of the molecule is CCOCCC(=O)N1CC[C@H](N(C)Cc2ncccn2)C1. The van der Waals surface area contributed by atoms with Gasteiger partial charge in [-0.1, -0.05) is 0 Å². The van der Waals surface area contributed by atoms with Gasteiger partial charge in [-0.05, 0) is 26.5 Å². The second-order valence-electron chi connectivity index (χ2n) is 5.31. The molecule has 6 heteroatoms. The van der Waals surface area contributed by atoms with Crippen LogP contribution in [-0.4, -0.2) is 65.1 Å². The molecule has 1 fully saturated rings. The largest absolute Gasteiger partial charge is 0.381 e. The molecular formula is C15H24N4O2. The summed E-state index contributed by atoms with van der Waals surface area (Å²) in [6.07, 6.45) is 5.00. The van der Waals surface area contributed by atoms with Gasteiger partial charge >= 0.3 is 0 Å². The molecule has 1 amide bonds. The summed E-state index contributed by atoms with van der Waals surface area (Å²) < 4.78 is 5.24. The summed E-state index contributed by atoms with van der Waals surface area (Å²) in [5, 5.41) is 0. The first-order chi connectivity index (χ1) is 10.2. The summed E-state index contributed by atoms with van der Waals surface area (Å²) >= 11 is 0. The summed E-state index contributed by atoms with van der Waals surface area (Å²) in [6.45, 7) is 5.45. The normalized spacial score (nSPS) is 18.4. The Morgan fingerprint density at radius 2 is 2.24 bits per heavy atom. The van der Waals surface area contributed by atoms with E-state index in [2.05, 4.69) is 21.9 Å². The maximum absolute atomic E-state index is 12.0. The quantitative estimate of drug-likeness (QED) is 0.700. The second-order valence-corrected chi connectivity index (χ2v) is 5.31. The average molecular weight is 292 g/mol. The highest BCUT2D eigenvalue weighted by atomic mass is 16.5. The fourth-order valence-electron chi connectivity index (χ4n) is 2.55. The number of likely N-dealkylation sites (N-methyl/N-ethyl adjacent to an activating group) is 1. The highest BCUT2D eigenvalue weighted by molar-refractivity contribution is 5.76. The number of rotatable bonds is 7. The number of ether oxygens (including phenoxy) is 1. The molecule has 0 saturated carbocycles. The van der Waals surface area contributed by atoms with Crippen molar-refractivity contribution in [2.75, 3.05) is 33.4 Å². The van der Waals surface area contributed by atoms with Gasteiger partial charge in [-0.3, -0.25) is 9.69 Å². The first kappa shape index (κ1) is 15.9. The van der Waals surface area contributed by atoms with Crippen molar-refractivity contribution >= 4 is 5.91 Å². The van der Waals surface area contributed by atoms with Crippen LogP contribution in [0.1, 0.15) is 25.6 Å². The molecule has 1 aliphatic rings. The van der Waals surface area contributed by atoms with Gasteiger partial charge in [-0.2, -0.15) is 0 Å². The molecule has 2 rings (SSSR count). The van der Waals surface area contributed by atoms with Gasteiger partial charge < -0.3 is 9.64 Å². The van der Waals surface area contributed by atoms with E-state index in [1.807, 2.05) is 17.9 Å². The Balaban J connectivity index is 1.77. The molecule has 0 N–H and O–H groups in total. The average Bonchev–Trinajstić information content (AvgIpc) is 2.98. The van der Waals surface area contributed by atoms with Crippen molar-refractivity contribution in [2.45, 2.75) is 32.4 Å². The molecule has 0 bridgehead atoms. The smallest absolute Gasteiger partial charge is 0.224 e. The van der Waals surface area contributed by atoms with E-state index in [0.717, 1.165) is 25.3 Å². The number of aromatic nitrogens is 2. The van der Waals surface area contributed by atoms with E-state index >= 15 is 0 Å². The number of hydrogen-bond acceptors (Lipinski definition) is 5. The molecule has 1 aromatic rings. The van der Waals surface area contributed by atoms with Crippen LogP contribution in [0.15, 0.2) is 18.5 Å². The monoisotopic (exact) mass is 292 g/mol. The van der Waals surface area contributed by atoms with Crippen LogP contribution in [0.3, 0.4) is 0 Å². The maximum Gasteiger partial charge on any atom is 0.224 e. The standard InChI is InChI=1S/C15H24N4O2/c1-3-21-10-6-15(20)19-9-5-13(11-19)18(2)12-14-16-7-4-8-17-14/h4,7-8,13H,3,5-6,9-12H2,1-2H3/t13-/m0/s1. The number of carbonyl (C=O) groups is 1. The summed E-state index contributed by atoms with van der Waals surface area (Å²) in [4.78, 5) is 24.7. The van der Waals surface area contributed by atoms with Crippen LogP contribution in [-0.2, 0) is 16.1 Å². The van der Waals surface area contributed by atoms with Gasteiger partial charge in [0.1, 0.15) is 5.82 Å². The lowest BCUT2D eigenvalue weighted by Gasteiger charge is -2.24. The first-order valence-electron chi connectivity index (χ1n) is 7.52. The third-order valence-corrected chi connectivity index (χ3v) is 3.81. The summed E-state index contributed by atoms with van der Waals surface area (Å²) in [5.74, 6) is 1.01. The molecule has 0 aliphatic carbocycles. The van der Waals surface area contributed by atoms with Gasteiger partial charge in [0.15, 0.2) is 0 Å². The molecule has 1 atom stereocenters. The maximum atomic E-state index is 12.0. The molecule has 21 heavy (non-hydrogen) atoms. The molecule has 0 radical (unpaired) electrons. The zero-order valence-corrected chi connectivity index (χ0v) is 12.9. The van der Waals surface area contributed by atoms with Crippen LogP contribution < -0.4 is 0 Å². The minimum atomic E-state index is 0.190. The number of hydrogen-bond donors (Lipinski definition) is 0. The zero-order valence-electron chi connectivity index (χ0n) is 12.9. The Kier molecular flexibility index (Phi) is 6.07. The third kappa shape index (κ3) is 4.75. The number of likely N-dealkylation sites (tertiary alicyclic amines) is 1. The minimum Gasteiger partial charge on any atom is -0.381 e. The number of amides is 1. The number of nitrogens with zero attached hydrogens (tertiary/aromatic N) is 4. The van der Waals surface area contributed by atoms with Crippen molar-refractivity contribution in [1.29, 1.82) is 0 Å². The van der Waals surface area contributed by atoms with Crippen LogP contribution in [0.2, 0.25) is 0 Å². The Morgan fingerprint density at radius 1 is 1.48 bits per heavy atom. The van der Waals surface area contributed by atoms with E-state index in [1.54, 1.807) is 12.4 Å². The molecule has 2 heterocycles. The van der Waals surface area contributed by atoms with E-state index in [0.29, 0.717) is 32.2 Å². The molecule has 0 aromatic carbocycles. The number of carbonyl (C=O) groups excluding carboxylic acids is 1. The van der Waals surface area contributed by atoms with Gasteiger partial charge in [0.25, 0.3) is 0 Å². The van der Waals surface area contributed by atoms with Crippen LogP contribution in [0.25, 0.3) is 0 Å². The molecular weight excluding hydrogens is 268 g/mol. The Bertz CT molecular complexity index is 441. The fraction of sp³-hybridized carbons (Fsp3) is 0.667. The van der Waals surface area contributed by atoms with Gasteiger partial charge in [0, 0.05) is 38.1 Å². The minimum absolute atomic E-state index is 0.190. The Morgan fingerprint density at radius 3 is 2.95 bits per heavy atom. The zero-order chi connectivity index (χ0) is 15.1. The lowest BCUT2D eigenvalue weighted by Crippen LogP contribution is -2.36. The Hall–Kier alpha value is -1.53. The van der Waals surface area contributed by atoms with E-state index < -0.39 is 0 Å². The van der Waals surface area contributed by atoms with E-state index in [1.165, 1.54) is 0 Å². The van der Waals surface area contributed by atoms with Crippen LogP contribution in [0, 0.1) is 0 Å². The molecule has 116 valence electrons. The molecule has 0 spiro atoms. The Labute approximate surface area is 126 Å². The molecule has 6 nitrogen and oxygen atoms in total. The predicted molar refractivity (Wildman–Crippen MR) is 79.6 cm³/mol. The van der Waals surface area contributed by atoms with Crippen LogP contribution in [0.5, 0.6) is 0 Å². The van der Waals surface area contributed by atoms with Gasteiger partial charge in [-0.15, -0.1) is 0 Å². The first-order valence-corrected chi connectivity index (χ1v) is 7.52. The molecule has 1 aromatic heterocycles. The highest BCUT2D eigenvalue weighted by Gasteiger charge is 2.28. The molecule has 0 unspecified atom stereocenters. The van der Waals surface area contributed by atoms with Crippen molar-refractivity contribution in [3.05, 3.63) is 24.3 Å². The lowest BCUT2D eigenvalue weighted by atomic mass is 10.2. The van der Waals surface area contributed by atoms with Crippen molar-refractivity contribution in [1.82, 2.24) is 19.8 Å². The van der Waals surface area contributed by atoms with Crippen molar-refractivity contribution < 1.29 is 9.53 Å². The van der Waals surface area contributed by atoms with Crippen molar-refractivity contribution in [2.24, 2.45) is 0 Å². The van der Waals surface area contributed by atoms with E-state index in [-0.39, 0.29) is 5.91 Å². The van der Waals surface area contributed by atoms with E-state index in [9.17, 15) is 4.79 Å². The summed E-state index contributed by atoms with van der Waals surface area (Å²) in [5.41, 5.74) is 0. The van der Waals surface area contributed by atoms with Gasteiger partial charge in [0.05, 0.1) is 19.6 Å². The van der Waals surface area contributed by atoms with E-state index in [4.69, 9.17) is 4.74 Å². The topological polar surface area (TPSA) is 58.6 Å². The van der Waals surface area contributed by atoms with Gasteiger partial charge in [0.2, 0.25) is 5.91 Å². The molecule has 1 aliphatic heterocycles. The lowest BCUT2D eigenvalue weighted by molar-refractivity contribution is -0.131. The van der Waals surface area contributed by atoms with Crippen LogP contribution >= 0.6 is 0 Å². The van der Waals surface area contributed by atoms with Crippen molar-refractivity contribution in [3.63, 3.8) is 0 Å². The predicted octanol–water partition coefficient (Wildman–Crippen LogP) is 0.936. The summed E-state index contributed by atoms with van der Waals surface area (Å²) in [6, 6.07) is 2.20. The fourth-order valence-corrected chi connectivity index (χ4v) is 2.55. The third-order valence-electron chi connectivity index (χ3n) is 3.81. The van der Waals surface area contributed by atoms with Crippen LogP contribution in [0.4, 0.5) is 0 Å².